The topological polar surface area (TPSA) is 519 Å². The van der Waals surface area contributed by atoms with Gasteiger partial charge in [-0.25, -0.2) is 28.8 Å². The fourth-order valence-corrected chi connectivity index (χ4v) is 14.0. The fraction of sp³-hybridized carbons (Fsp3) is 0.756. The maximum atomic E-state index is 13.1. The predicted octanol–water partition coefficient (Wildman–Crippen LogP) is 8.26. The molecule has 5 unspecified atom stereocenters. The van der Waals surface area contributed by atoms with Crippen LogP contribution in [0, 0.1) is 37.9 Å². The quantitative estimate of drug-likeness (QED) is 0.0157. The van der Waals surface area contributed by atoms with Crippen LogP contribution in [0.5, 0.6) is 0 Å². The molecule has 0 aromatic carbocycles. The van der Waals surface area contributed by atoms with Crippen molar-refractivity contribution in [1.82, 2.24) is 72.8 Å². The second kappa shape index (κ2) is 66.2. The average molecular weight is 2190 g/mol. The zero-order valence-corrected chi connectivity index (χ0v) is 87.2. The van der Waals surface area contributed by atoms with Crippen LogP contribution in [-0.2, 0) is 119 Å². The third kappa shape index (κ3) is 51.2. The summed E-state index contributed by atoms with van der Waals surface area (Å²) in [6.45, 7) is 38.8. The molecule has 38 nitrogen and oxygen atoms in total. The average Bonchev–Trinajstić information content (AvgIpc) is 1.34. The molecule has 0 spiro atoms. The van der Waals surface area contributed by atoms with Crippen molar-refractivity contribution in [3.05, 3.63) is 38.5 Å². The molecule has 0 radical (unpaired) electrons. The fourth-order valence-electron chi connectivity index (χ4n) is 14.0. The molecule has 0 aromatic rings. The molecule has 5 heterocycles. The Morgan fingerprint density at radius 3 is 1.12 bits per heavy atom. The molecule has 0 aliphatic carbocycles. The van der Waals surface area contributed by atoms with Gasteiger partial charge in [-0.1, -0.05) is 93.0 Å². The van der Waals surface area contributed by atoms with E-state index < -0.39 is 113 Å². The monoisotopic (exact) mass is 2190 g/mol. The van der Waals surface area contributed by atoms with Crippen LogP contribution in [-0.4, -0.2) is 282 Å². The number of likely N-dealkylation sites (tertiary alicyclic amines) is 4. The number of likely N-dealkylation sites (N-methyl/N-ethyl adjacent to an activating group) is 3. The number of carbonyl (C=O) groups is 16. The number of carboxylic acids is 2. The minimum atomic E-state index is -0.960. The van der Waals surface area contributed by atoms with Gasteiger partial charge in [-0.3, -0.25) is 62.6 Å². The smallest absolute Gasteiger partial charge is 0.411 e. The summed E-state index contributed by atoms with van der Waals surface area (Å²) in [5.41, 5.74) is 3.72. The van der Waals surface area contributed by atoms with Crippen LogP contribution in [0.25, 0.3) is 0 Å². The summed E-state index contributed by atoms with van der Waals surface area (Å²) in [5.74, 6) is -3.05. The molecule has 0 bridgehead atoms. The Morgan fingerprint density at radius 1 is 0.454 bits per heavy atom. The number of aliphatic carboxylic acids is 2. The first kappa shape index (κ1) is 126. The minimum absolute atomic E-state index is 0. The third-order valence-electron chi connectivity index (χ3n) is 20.7. The zero-order valence-electron chi connectivity index (χ0n) is 81.3. The molecule has 0 saturated carbocycles. The van der Waals surface area contributed by atoms with Gasteiger partial charge in [0.1, 0.15) is 47.0 Å². The number of ketones is 3. The molecule has 746 valence electrons. The number of nitrogens with one attached hydrogen (secondary N) is 10. The van der Waals surface area contributed by atoms with Crippen molar-refractivity contribution >= 4 is 95.2 Å². The number of nitrogens with two attached hydrogens (primary N) is 1. The van der Waals surface area contributed by atoms with Crippen LogP contribution in [0.4, 0.5) is 24.0 Å². The Morgan fingerprint density at radius 2 is 0.792 bits per heavy atom. The van der Waals surface area contributed by atoms with Crippen molar-refractivity contribution < 1.29 is 153 Å². The van der Waals surface area contributed by atoms with Crippen molar-refractivity contribution in [3.8, 4) is 0 Å². The van der Waals surface area contributed by atoms with E-state index in [9.17, 15) is 76.7 Å². The number of ether oxygens (including phenoxy) is 5. The number of rotatable bonds is 38. The van der Waals surface area contributed by atoms with E-state index in [1.807, 2.05) is 46.2 Å². The normalized spacial score (nSPS) is 18.7. The van der Waals surface area contributed by atoms with Gasteiger partial charge < -0.3 is 97.7 Å². The number of carbonyl (C=O) groups excluding carboxylic acids is 14. The Kier molecular flexibility index (Phi) is 64.2. The number of alkyl carbamates (subject to hydrolysis) is 2. The van der Waals surface area contributed by atoms with Crippen LogP contribution in [0.1, 0.15) is 260 Å². The van der Waals surface area contributed by atoms with E-state index >= 15 is 0 Å². The largest absolute Gasteiger partial charge is 0.624 e. The number of carboxylic acid groups (broad SMARTS) is 2. The van der Waals surface area contributed by atoms with Gasteiger partial charge in [-0.15, -0.1) is 0 Å². The molecule has 11 amide bonds. The molecule has 5 fully saturated rings. The maximum Gasteiger partial charge on any atom is 0.411 e. The van der Waals surface area contributed by atoms with Crippen LogP contribution >= 0.6 is 0 Å². The summed E-state index contributed by atoms with van der Waals surface area (Å²) in [4.78, 5) is 196. The van der Waals surface area contributed by atoms with E-state index in [0.717, 1.165) is 57.9 Å². The molecular formula is C90H159N15O23W2-2. The molecule has 5 rings (SSSR count). The van der Waals surface area contributed by atoms with Crippen molar-refractivity contribution in [2.24, 2.45) is 29.4 Å². The Bertz CT molecular complexity index is 3470. The van der Waals surface area contributed by atoms with E-state index in [0.29, 0.717) is 115 Å². The first-order chi connectivity index (χ1) is 59.9. The van der Waals surface area contributed by atoms with Crippen molar-refractivity contribution in [2.45, 2.75) is 343 Å². The number of nitrogens with zero attached hydrogens (tertiary/aromatic N) is 4. The number of Topliss-reactive ketones (excluding diaryl/α,β-unsaturated/α-hetero) is 3. The summed E-state index contributed by atoms with van der Waals surface area (Å²) >= 11 is 0. The summed E-state index contributed by atoms with van der Waals surface area (Å²) in [7, 11) is 11.2. The maximum absolute atomic E-state index is 13.1. The SMILES string of the molecule is CC(C)(C)OC(=O)N1CCCC1C(=O)O.CCC(=O)[C@H](CCN)NC(=O)C1CCCN1C(=O)OC(C)(C)C.CCC[C@H](NC(=O)C1CCCN1C(=O)OC(C)(C)C)C(=O)CC.CN[C@H](/C=C/[C@H](C)C(=O)O)CC(C)C.[CH2-]OC(=O)NCC[C@H](NC(=O)C1CCCN1)C(=O)CC.[CH2-]OC(=O)NCC[C@H](NC(=O)C1CCCN1C(=O)[C@@H](C)/C=C/[C@H](CC(C)C)NC)C(=O)NC.[W].[W]. The van der Waals surface area contributed by atoms with Crippen molar-refractivity contribution in [3.63, 3.8) is 0 Å². The van der Waals surface area contributed by atoms with Gasteiger partial charge >= 0.3 is 42.4 Å². The standard InChI is InChI=1S/C23H40N5O5.C17H30N2O4.C16H29N3O4.C13H22N3O4.C11H21NO2.C10H17NO4.2W/c1-15(2)14-17(24-4)10-9-16(3)22(31)28-13-7-8-19(28)21(30)27-18(20(29)25-5)11-12-26-23(32)33-6;1-6-9-12(14(20)7-2)18-15(21)13-10-8-11-19(13)16(22)23-17(3,4)5;1-5-13(20)11(8-9-17)18-14(21)12-7-6-10-19(12)15(22)23-16(2,3)4;1-3-11(17)9(6-8-15-13(19)20-2)16-12(18)10-5-4-7-14-10;1-8(2)7-10(12-4)6-5-9(3)11(13)14;1-10(2,3)15-9(14)11-6-4-5-7(11)8(12)13;;/h9-10,15-19,24H,6-8,11-14H2,1-5H3,(H,25,29)(H,26,32)(H,27,30);12-13H,6-11H2,1-5H3,(H,18,21);11-12H,5-10,17H2,1-4H3,(H,18,21);9-10,14H,2-8H2,1H3,(H,15,19)(H,16,18);5-6,8-10,12H,7H2,1-4H3,(H,13,14);7H,4-6H2,1-3H3,(H,12,13);;/q-1;;;-1;;;;/b10-9+;;;;6-5+;;;/t16-,17+,18-,19?;12-,13?;11-,12?;9-,10?;9-,10+;;;/m00000.../s1. The van der Waals surface area contributed by atoms with Crippen LogP contribution in [0.15, 0.2) is 24.3 Å². The Labute approximate surface area is 800 Å². The second-order valence-electron chi connectivity index (χ2n) is 35.9. The summed E-state index contributed by atoms with van der Waals surface area (Å²) in [6.07, 6.45) is 17.0. The van der Waals surface area contributed by atoms with Crippen LogP contribution in [0.2, 0.25) is 0 Å². The molecule has 130 heavy (non-hydrogen) atoms. The molecule has 0 aromatic heterocycles. The molecule has 5 aliphatic rings. The van der Waals surface area contributed by atoms with Crippen LogP contribution in [0.3, 0.4) is 0 Å². The first-order valence-corrected chi connectivity index (χ1v) is 45.2. The molecule has 13 atom stereocenters. The van der Waals surface area contributed by atoms with E-state index in [1.165, 1.54) is 21.7 Å². The summed E-state index contributed by atoms with van der Waals surface area (Å²) in [5, 5.41) is 45.4. The first-order valence-electron chi connectivity index (χ1n) is 45.2. The number of hydrogen-bond donors (Lipinski definition) is 13. The molecule has 40 heteroatoms. The van der Waals surface area contributed by atoms with Gasteiger partial charge in [-0.2, -0.15) is 14.2 Å². The van der Waals surface area contributed by atoms with Gasteiger partial charge in [-0.05, 0) is 211 Å². The Balaban J connectivity index is -0.00000152. The minimum Gasteiger partial charge on any atom is -0.624 e. The molecule has 14 N–H and O–H groups in total. The molecule has 5 saturated heterocycles. The number of hydrogen-bond acceptors (Lipinski definition) is 25. The van der Waals surface area contributed by atoms with Gasteiger partial charge in [0.25, 0.3) is 0 Å². The van der Waals surface area contributed by atoms with Gasteiger partial charge in [0.2, 0.25) is 35.4 Å². The van der Waals surface area contributed by atoms with E-state index in [4.69, 9.17) is 30.2 Å². The van der Waals surface area contributed by atoms with Crippen molar-refractivity contribution in [1.29, 1.82) is 0 Å². The molecule has 5 aliphatic heterocycles. The Hall–Kier alpha value is -8.18. The third-order valence-corrected chi connectivity index (χ3v) is 20.7. The van der Waals surface area contributed by atoms with Gasteiger partial charge in [0.05, 0.1) is 36.0 Å². The second-order valence-corrected chi connectivity index (χ2v) is 35.9. The van der Waals surface area contributed by atoms with Gasteiger partial charge in [0.15, 0.2) is 17.3 Å². The van der Waals surface area contributed by atoms with Crippen LogP contribution < -0.4 is 58.9 Å². The van der Waals surface area contributed by atoms with E-state index in [2.05, 4.69) is 105 Å². The summed E-state index contributed by atoms with van der Waals surface area (Å²) < 4.78 is 24.3. The summed E-state index contributed by atoms with van der Waals surface area (Å²) in [6, 6.07) is -4.73. The van der Waals surface area contributed by atoms with Gasteiger partial charge in [0, 0.05) is 120 Å². The number of amides is 11. The molecular weight excluding hydrogens is 2030 g/mol. The van der Waals surface area contributed by atoms with E-state index in [1.54, 1.807) is 101 Å². The van der Waals surface area contributed by atoms with E-state index in [-0.39, 0.29) is 138 Å². The zero-order chi connectivity index (χ0) is 97.9. The van der Waals surface area contributed by atoms with Crippen molar-refractivity contribution in [2.75, 3.05) is 73.5 Å². The predicted molar refractivity (Wildman–Crippen MR) is 485 cm³/mol.